The second kappa shape index (κ2) is 5.11. The van der Waals surface area contributed by atoms with Gasteiger partial charge in [0.05, 0.1) is 24.1 Å². The largest absolute Gasteiger partial charge is 0.469 e. The second-order valence-electron chi connectivity index (χ2n) is 5.01. The highest BCUT2D eigenvalue weighted by molar-refractivity contribution is 5.77. The summed E-state index contributed by atoms with van der Waals surface area (Å²) in [5, 5.41) is 0. The van der Waals surface area contributed by atoms with Gasteiger partial charge in [-0.25, -0.2) is 9.37 Å². The summed E-state index contributed by atoms with van der Waals surface area (Å²) in [5.74, 6) is 0.278. The van der Waals surface area contributed by atoms with Crippen LogP contribution in [0.25, 0.3) is 11.0 Å². The molecule has 1 aromatic carbocycles. The molecule has 5 nitrogen and oxygen atoms in total. The highest BCUT2D eigenvalue weighted by atomic mass is 19.1. The van der Waals surface area contributed by atoms with Gasteiger partial charge in [-0.2, -0.15) is 0 Å². The summed E-state index contributed by atoms with van der Waals surface area (Å²) in [7, 11) is 1.42. The molecule has 0 atom stereocenters. The van der Waals surface area contributed by atoms with Gasteiger partial charge in [0.1, 0.15) is 5.82 Å². The summed E-state index contributed by atoms with van der Waals surface area (Å²) in [6.45, 7) is 1.48. The standard InChI is InChI=1S/C14H16FN3O2/c1-20-13(19)9-4-6-18(7-5-9)14-16-11-3-2-10(15)8-12(11)17-14/h2-3,8-9H,4-7H2,1H3,(H,16,17). The maximum atomic E-state index is 13.2. The number of esters is 1. The van der Waals surface area contributed by atoms with E-state index in [0.29, 0.717) is 5.52 Å². The van der Waals surface area contributed by atoms with Gasteiger partial charge in [0.15, 0.2) is 0 Å². The van der Waals surface area contributed by atoms with Crippen LogP contribution in [-0.2, 0) is 9.53 Å². The Kier molecular flexibility index (Phi) is 3.30. The average molecular weight is 277 g/mol. The van der Waals surface area contributed by atoms with Crippen molar-refractivity contribution in [2.75, 3.05) is 25.1 Å². The highest BCUT2D eigenvalue weighted by Gasteiger charge is 2.26. The predicted octanol–water partition coefficient (Wildman–Crippen LogP) is 2.09. The van der Waals surface area contributed by atoms with Crippen molar-refractivity contribution in [2.45, 2.75) is 12.8 Å². The third-order valence-electron chi connectivity index (χ3n) is 3.76. The Labute approximate surface area is 115 Å². The SMILES string of the molecule is COC(=O)C1CCN(c2nc3ccc(F)cc3[nH]2)CC1. The number of fused-ring (bicyclic) bond motifs is 1. The van der Waals surface area contributed by atoms with Crippen LogP contribution in [0.5, 0.6) is 0 Å². The van der Waals surface area contributed by atoms with Crippen molar-refractivity contribution in [3.05, 3.63) is 24.0 Å². The van der Waals surface area contributed by atoms with Gasteiger partial charge < -0.3 is 14.6 Å². The Hall–Kier alpha value is -2.11. The highest BCUT2D eigenvalue weighted by Crippen LogP contribution is 2.24. The fraction of sp³-hybridized carbons (Fsp3) is 0.429. The number of nitrogens with zero attached hydrogens (tertiary/aromatic N) is 2. The van der Waals surface area contributed by atoms with Crippen LogP contribution in [0.4, 0.5) is 10.3 Å². The zero-order valence-electron chi connectivity index (χ0n) is 11.2. The molecular formula is C14H16FN3O2. The zero-order chi connectivity index (χ0) is 14.1. The number of nitrogens with one attached hydrogen (secondary N) is 1. The molecule has 1 fully saturated rings. The van der Waals surface area contributed by atoms with Gasteiger partial charge in [-0.3, -0.25) is 4.79 Å². The van der Waals surface area contributed by atoms with Crippen LogP contribution in [0, 0.1) is 11.7 Å². The minimum atomic E-state index is -0.280. The summed E-state index contributed by atoms with van der Waals surface area (Å²) < 4.78 is 17.9. The van der Waals surface area contributed by atoms with Crippen LogP contribution in [0.15, 0.2) is 18.2 Å². The number of carbonyl (C=O) groups is 1. The molecule has 1 aromatic heterocycles. The van der Waals surface area contributed by atoms with E-state index in [-0.39, 0.29) is 17.7 Å². The van der Waals surface area contributed by atoms with E-state index in [4.69, 9.17) is 4.74 Å². The van der Waals surface area contributed by atoms with Gasteiger partial charge in [-0.05, 0) is 31.0 Å². The van der Waals surface area contributed by atoms with Crippen molar-refractivity contribution in [1.29, 1.82) is 0 Å². The molecule has 2 aromatic rings. The summed E-state index contributed by atoms with van der Waals surface area (Å²) in [5.41, 5.74) is 1.44. The van der Waals surface area contributed by atoms with Crippen LogP contribution in [-0.4, -0.2) is 36.1 Å². The molecule has 0 spiro atoms. The first-order chi connectivity index (χ1) is 9.67. The predicted molar refractivity (Wildman–Crippen MR) is 73.0 cm³/mol. The van der Waals surface area contributed by atoms with Crippen LogP contribution in [0.1, 0.15) is 12.8 Å². The monoisotopic (exact) mass is 277 g/mol. The van der Waals surface area contributed by atoms with Gasteiger partial charge in [-0.15, -0.1) is 0 Å². The molecule has 0 bridgehead atoms. The summed E-state index contributed by atoms with van der Waals surface area (Å²) in [6.07, 6.45) is 1.50. The number of benzene rings is 1. The smallest absolute Gasteiger partial charge is 0.308 e. The number of carbonyl (C=O) groups excluding carboxylic acids is 1. The molecule has 0 radical (unpaired) electrons. The number of ether oxygens (including phenoxy) is 1. The summed E-state index contributed by atoms with van der Waals surface area (Å²) in [6, 6.07) is 4.50. The van der Waals surface area contributed by atoms with Crippen molar-refractivity contribution in [3.63, 3.8) is 0 Å². The van der Waals surface area contributed by atoms with E-state index in [0.717, 1.165) is 37.4 Å². The van der Waals surface area contributed by atoms with Crippen LogP contribution >= 0.6 is 0 Å². The number of aromatic amines is 1. The molecule has 1 N–H and O–H groups in total. The van der Waals surface area contributed by atoms with Gasteiger partial charge in [-0.1, -0.05) is 0 Å². The summed E-state index contributed by atoms with van der Waals surface area (Å²) >= 11 is 0. The van der Waals surface area contributed by atoms with E-state index >= 15 is 0 Å². The number of methoxy groups -OCH3 is 1. The molecule has 0 unspecified atom stereocenters. The lowest BCUT2D eigenvalue weighted by atomic mass is 9.97. The molecule has 3 rings (SSSR count). The van der Waals surface area contributed by atoms with Gasteiger partial charge in [0.2, 0.25) is 5.95 Å². The number of halogens is 1. The first-order valence-electron chi connectivity index (χ1n) is 6.65. The molecular weight excluding hydrogens is 261 g/mol. The quantitative estimate of drug-likeness (QED) is 0.854. The Balaban J connectivity index is 1.75. The molecule has 2 heterocycles. The second-order valence-corrected chi connectivity index (χ2v) is 5.01. The normalized spacial score (nSPS) is 16.6. The minimum absolute atomic E-state index is 0.0296. The van der Waals surface area contributed by atoms with E-state index < -0.39 is 0 Å². The fourth-order valence-corrected chi connectivity index (χ4v) is 2.61. The molecule has 1 aliphatic heterocycles. The molecule has 1 saturated heterocycles. The molecule has 0 amide bonds. The number of anilines is 1. The minimum Gasteiger partial charge on any atom is -0.469 e. The van der Waals surface area contributed by atoms with E-state index in [2.05, 4.69) is 14.9 Å². The molecule has 106 valence electrons. The average Bonchev–Trinajstić information content (AvgIpc) is 2.89. The van der Waals surface area contributed by atoms with E-state index in [9.17, 15) is 9.18 Å². The van der Waals surface area contributed by atoms with Crippen molar-refractivity contribution in [3.8, 4) is 0 Å². The van der Waals surface area contributed by atoms with Crippen LogP contribution in [0.2, 0.25) is 0 Å². The molecule has 0 aliphatic carbocycles. The van der Waals surface area contributed by atoms with E-state index in [1.54, 1.807) is 6.07 Å². The molecule has 6 heteroatoms. The fourth-order valence-electron chi connectivity index (χ4n) is 2.61. The Morgan fingerprint density at radius 1 is 1.45 bits per heavy atom. The Bertz CT molecular complexity index is 632. The van der Waals surface area contributed by atoms with Crippen molar-refractivity contribution in [1.82, 2.24) is 9.97 Å². The molecule has 0 saturated carbocycles. The van der Waals surface area contributed by atoms with E-state index in [1.807, 2.05) is 0 Å². The lowest BCUT2D eigenvalue weighted by Gasteiger charge is -2.30. The first-order valence-corrected chi connectivity index (χ1v) is 6.65. The third kappa shape index (κ3) is 2.33. The Morgan fingerprint density at radius 2 is 2.20 bits per heavy atom. The molecule has 20 heavy (non-hydrogen) atoms. The Morgan fingerprint density at radius 3 is 2.90 bits per heavy atom. The van der Waals surface area contributed by atoms with Crippen molar-refractivity contribution < 1.29 is 13.9 Å². The van der Waals surface area contributed by atoms with Crippen LogP contribution in [0.3, 0.4) is 0 Å². The number of rotatable bonds is 2. The maximum Gasteiger partial charge on any atom is 0.308 e. The lowest BCUT2D eigenvalue weighted by molar-refractivity contribution is -0.146. The number of aromatic nitrogens is 2. The van der Waals surface area contributed by atoms with E-state index in [1.165, 1.54) is 19.2 Å². The van der Waals surface area contributed by atoms with Crippen LogP contribution < -0.4 is 4.90 Å². The number of piperidine rings is 1. The van der Waals surface area contributed by atoms with Gasteiger partial charge in [0.25, 0.3) is 0 Å². The number of H-pyrrole nitrogens is 1. The van der Waals surface area contributed by atoms with Crippen molar-refractivity contribution >= 4 is 23.0 Å². The summed E-state index contributed by atoms with van der Waals surface area (Å²) in [4.78, 5) is 21.1. The third-order valence-corrected chi connectivity index (χ3v) is 3.76. The number of hydrogen-bond donors (Lipinski definition) is 1. The lowest BCUT2D eigenvalue weighted by Crippen LogP contribution is -2.37. The zero-order valence-corrected chi connectivity index (χ0v) is 11.2. The topological polar surface area (TPSA) is 58.2 Å². The van der Waals surface area contributed by atoms with Gasteiger partial charge >= 0.3 is 5.97 Å². The molecule has 1 aliphatic rings. The van der Waals surface area contributed by atoms with Gasteiger partial charge in [0, 0.05) is 13.1 Å². The van der Waals surface area contributed by atoms with Crippen molar-refractivity contribution in [2.24, 2.45) is 5.92 Å². The maximum absolute atomic E-state index is 13.2. The first kappa shape index (κ1) is 12.9. The number of imidazole rings is 1. The number of hydrogen-bond acceptors (Lipinski definition) is 4.